The number of amides is 1. The van der Waals surface area contributed by atoms with E-state index >= 15 is 0 Å². The fraction of sp³-hybridized carbons (Fsp3) is 0. The Morgan fingerprint density at radius 2 is 2.20 bits per heavy atom. The zero-order valence-corrected chi connectivity index (χ0v) is 7.57. The predicted octanol–water partition coefficient (Wildman–Crippen LogP) is 0.710. The molecule has 0 saturated carbocycles. The first-order valence-electron chi connectivity index (χ1n) is 4.14. The number of pyridine rings is 1. The third-order valence-corrected chi connectivity index (χ3v) is 1.83. The van der Waals surface area contributed by atoms with Crippen LogP contribution in [-0.2, 0) is 0 Å². The fourth-order valence-electron chi connectivity index (χ4n) is 1.11. The number of hydrogen-bond acceptors (Lipinski definition) is 3. The quantitative estimate of drug-likeness (QED) is 0.758. The van der Waals surface area contributed by atoms with Crippen molar-refractivity contribution < 1.29 is 9.18 Å². The van der Waals surface area contributed by atoms with Crippen molar-refractivity contribution in [2.45, 2.75) is 0 Å². The van der Waals surface area contributed by atoms with Crippen molar-refractivity contribution in [1.82, 2.24) is 15.2 Å². The number of carbonyl (C=O) groups excluding carboxylic acids is 1. The van der Waals surface area contributed by atoms with E-state index in [2.05, 4.69) is 15.2 Å². The molecule has 1 amide bonds. The Morgan fingerprint density at radius 3 is 2.73 bits per heavy atom. The van der Waals surface area contributed by atoms with Crippen LogP contribution in [0, 0.1) is 5.82 Å². The van der Waals surface area contributed by atoms with Gasteiger partial charge in [0, 0.05) is 0 Å². The van der Waals surface area contributed by atoms with Crippen LogP contribution in [0.3, 0.4) is 0 Å². The zero-order valence-electron chi connectivity index (χ0n) is 7.57. The van der Waals surface area contributed by atoms with Gasteiger partial charge in [0.2, 0.25) is 0 Å². The molecule has 76 valence electrons. The van der Waals surface area contributed by atoms with Gasteiger partial charge in [-0.1, -0.05) is 0 Å². The smallest absolute Gasteiger partial charge is 0.266 e. The third kappa shape index (κ3) is 1.83. The Bertz CT molecular complexity index is 491. The fourth-order valence-corrected chi connectivity index (χ4v) is 1.11. The van der Waals surface area contributed by atoms with Crippen LogP contribution in [0.5, 0.6) is 0 Å². The van der Waals surface area contributed by atoms with Gasteiger partial charge < -0.3 is 5.73 Å². The van der Waals surface area contributed by atoms with Gasteiger partial charge in [0.25, 0.3) is 5.91 Å². The molecule has 2 rings (SSSR count). The van der Waals surface area contributed by atoms with Crippen LogP contribution in [0.1, 0.15) is 10.5 Å². The average molecular weight is 206 g/mol. The first-order valence-corrected chi connectivity index (χ1v) is 4.14. The number of nitrogens with one attached hydrogen (secondary N) is 1. The standard InChI is InChI=1S/C9H7FN4O/c10-5-1-2-6(12-4-5)7-3-8(9(11)15)14-13-7/h1-4H,(H2,11,15)(H,13,14). The molecule has 2 aromatic heterocycles. The molecule has 2 heterocycles. The number of H-pyrrole nitrogens is 1. The summed E-state index contributed by atoms with van der Waals surface area (Å²) in [6.45, 7) is 0. The lowest BCUT2D eigenvalue weighted by Gasteiger charge is -1.93. The minimum absolute atomic E-state index is 0.191. The van der Waals surface area contributed by atoms with E-state index in [-0.39, 0.29) is 5.69 Å². The molecule has 0 aromatic carbocycles. The molecule has 0 unspecified atom stereocenters. The lowest BCUT2D eigenvalue weighted by Crippen LogP contribution is -2.10. The minimum Gasteiger partial charge on any atom is -0.364 e. The van der Waals surface area contributed by atoms with Gasteiger partial charge in [-0.3, -0.25) is 14.9 Å². The van der Waals surface area contributed by atoms with Crippen LogP contribution in [0.25, 0.3) is 11.4 Å². The second-order valence-electron chi connectivity index (χ2n) is 2.89. The molecule has 0 aliphatic carbocycles. The molecule has 0 saturated heterocycles. The monoisotopic (exact) mass is 206 g/mol. The third-order valence-electron chi connectivity index (χ3n) is 1.83. The summed E-state index contributed by atoms with van der Waals surface area (Å²) in [5.74, 6) is -1.03. The minimum atomic E-state index is -0.601. The Kier molecular flexibility index (Phi) is 2.17. The van der Waals surface area contributed by atoms with Gasteiger partial charge in [0.1, 0.15) is 17.2 Å². The van der Waals surface area contributed by atoms with Gasteiger partial charge >= 0.3 is 0 Å². The Balaban J connectivity index is 2.37. The second kappa shape index (κ2) is 3.49. The van der Waals surface area contributed by atoms with Crippen molar-refractivity contribution in [3.63, 3.8) is 0 Å². The Morgan fingerprint density at radius 1 is 1.40 bits per heavy atom. The summed E-state index contributed by atoms with van der Waals surface area (Å²) in [4.78, 5) is 14.6. The van der Waals surface area contributed by atoms with Crippen LogP contribution in [0.15, 0.2) is 24.4 Å². The average Bonchev–Trinajstić information content (AvgIpc) is 2.68. The molecule has 0 aliphatic heterocycles. The molecule has 0 bridgehead atoms. The van der Waals surface area contributed by atoms with E-state index in [4.69, 9.17) is 5.73 Å². The number of nitrogens with two attached hydrogens (primary N) is 1. The maximum Gasteiger partial charge on any atom is 0.266 e. The summed E-state index contributed by atoms with van der Waals surface area (Å²) in [6, 6.07) is 4.19. The maximum absolute atomic E-state index is 12.6. The van der Waals surface area contributed by atoms with Crippen molar-refractivity contribution in [2.75, 3.05) is 0 Å². The van der Waals surface area contributed by atoms with Gasteiger partial charge in [0.15, 0.2) is 0 Å². The topological polar surface area (TPSA) is 84.7 Å². The number of nitrogens with zero attached hydrogens (tertiary/aromatic N) is 2. The molecule has 0 spiro atoms. The van der Waals surface area contributed by atoms with E-state index in [1.165, 1.54) is 18.2 Å². The van der Waals surface area contributed by atoms with Crippen LogP contribution in [0.4, 0.5) is 4.39 Å². The normalized spacial score (nSPS) is 10.2. The molecule has 0 aliphatic rings. The van der Waals surface area contributed by atoms with E-state index in [1.807, 2.05) is 0 Å². The number of halogens is 1. The second-order valence-corrected chi connectivity index (χ2v) is 2.89. The summed E-state index contributed by atoms with van der Waals surface area (Å²) in [5, 5.41) is 6.29. The van der Waals surface area contributed by atoms with Crippen molar-refractivity contribution in [3.05, 3.63) is 35.9 Å². The number of aromatic amines is 1. The van der Waals surface area contributed by atoms with Crippen LogP contribution in [-0.4, -0.2) is 21.1 Å². The summed E-state index contributed by atoms with van der Waals surface area (Å²) in [5.41, 5.74) is 6.15. The Hall–Kier alpha value is -2.24. The highest BCUT2D eigenvalue weighted by Crippen LogP contribution is 2.14. The zero-order chi connectivity index (χ0) is 10.8. The Labute approximate surface area is 84.1 Å². The number of rotatable bonds is 2. The molecule has 15 heavy (non-hydrogen) atoms. The summed E-state index contributed by atoms with van der Waals surface area (Å²) < 4.78 is 12.6. The van der Waals surface area contributed by atoms with Crippen molar-refractivity contribution in [3.8, 4) is 11.4 Å². The maximum atomic E-state index is 12.6. The summed E-state index contributed by atoms with van der Waals surface area (Å²) in [7, 11) is 0. The molecule has 3 N–H and O–H groups in total. The number of carbonyl (C=O) groups is 1. The van der Waals surface area contributed by atoms with Gasteiger partial charge in [-0.05, 0) is 18.2 Å². The van der Waals surface area contributed by atoms with E-state index in [0.717, 1.165) is 6.20 Å². The molecule has 5 nitrogen and oxygen atoms in total. The first-order chi connectivity index (χ1) is 7.16. The molecular formula is C9H7FN4O. The number of aromatic nitrogens is 3. The molecule has 0 fully saturated rings. The molecule has 0 atom stereocenters. The summed E-state index contributed by atoms with van der Waals surface area (Å²) in [6.07, 6.45) is 1.08. The first kappa shape index (κ1) is 9.32. The van der Waals surface area contributed by atoms with Crippen molar-refractivity contribution >= 4 is 5.91 Å². The lowest BCUT2D eigenvalue weighted by molar-refractivity contribution is 0.0995. The van der Waals surface area contributed by atoms with E-state index in [1.54, 1.807) is 0 Å². The largest absolute Gasteiger partial charge is 0.364 e. The highest BCUT2D eigenvalue weighted by molar-refractivity contribution is 5.91. The molecule has 0 radical (unpaired) electrons. The molecular weight excluding hydrogens is 199 g/mol. The van der Waals surface area contributed by atoms with Gasteiger partial charge in [-0.25, -0.2) is 4.39 Å². The van der Waals surface area contributed by atoms with Crippen molar-refractivity contribution in [2.24, 2.45) is 5.73 Å². The predicted molar refractivity (Wildman–Crippen MR) is 50.3 cm³/mol. The highest BCUT2D eigenvalue weighted by Gasteiger charge is 2.08. The van der Waals surface area contributed by atoms with Crippen LogP contribution < -0.4 is 5.73 Å². The van der Waals surface area contributed by atoms with Gasteiger partial charge in [-0.15, -0.1) is 0 Å². The summed E-state index contributed by atoms with van der Waals surface area (Å²) >= 11 is 0. The van der Waals surface area contributed by atoms with Gasteiger partial charge in [-0.2, -0.15) is 5.10 Å². The molecule has 6 heteroatoms. The van der Waals surface area contributed by atoms with E-state index in [0.29, 0.717) is 11.4 Å². The molecule has 2 aromatic rings. The van der Waals surface area contributed by atoms with Crippen LogP contribution in [0.2, 0.25) is 0 Å². The number of primary amides is 1. The lowest BCUT2D eigenvalue weighted by atomic mass is 10.2. The number of hydrogen-bond donors (Lipinski definition) is 2. The highest BCUT2D eigenvalue weighted by atomic mass is 19.1. The SMILES string of the molecule is NC(=O)c1cc(-c2ccc(F)cn2)n[nH]1. The van der Waals surface area contributed by atoms with Gasteiger partial charge in [0.05, 0.1) is 11.9 Å². The van der Waals surface area contributed by atoms with E-state index < -0.39 is 11.7 Å². The van der Waals surface area contributed by atoms with E-state index in [9.17, 15) is 9.18 Å². The van der Waals surface area contributed by atoms with Crippen molar-refractivity contribution in [1.29, 1.82) is 0 Å². The van der Waals surface area contributed by atoms with Crippen LogP contribution >= 0.6 is 0 Å².